The Morgan fingerprint density at radius 1 is 1.07 bits per heavy atom. The highest BCUT2D eigenvalue weighted by molar-refractivity contribution is 7.89. The number of sulfonamides is 1. The molecule has 1 aromatic carbocycles. The van der Waals surface area contributed by atoms with Crippen LogP contribution >= 0.6 is 0 Å². The van der Waals surface area contributed by atoms with E-state index in [0.717, 1.165) is 23.6 Å². The number of ether oxygens (including phenoxy) is 1. The molecule has 0 spiro atoms. The maximum Gasteiger partial charge on any atom is 0.270 e. The summed E-state index contributed by atoms with van der Waals surface area (Å²) in [5.41, 5.74) is 4.16. The minimum Gasteiger partial charge on any atom is -0.379 e. The lowest BCUT2D eigenvalue weighted by molar-refractivity contribution is -0.385. The average molecular weight is 435 g/mol. The number of anilines is 1. The van der Waals surface area contributed by atoms with E-state index in [-0.39, 0.29) is 29.4 Å². The molecular formula is C20H26N4O5S. The van der Waals surface area contributed by atoms with Crippen molar-refractivity contribution in [3.8, 4) is 0 Å². The minimum absolute atomic E-state index is 0.105. The smallest absolute Gasteiger partial charge is 0.270 e. The Balaban J connectivity index is 1.47. The van der Waals surface area contributed by atoms with Crippen LogP contribution in [-0.2, 0) is 14.8 Å². The second-order valence-electron chi connectivity index (χ2n) is 8.91. The van der Waals surface area contributed by atoms with Gasteiger partial charge in [0.05, 0.1) is 23.8 Å². The largest absolute Gasteiger partial charge is 0.379 e. The third-order valence-corrected chi connectivity index (χ3v) is 8.98. The van der Waals surface area contributed by atoms with Crippen LogP contribution in [0.2, 0.25) is 0 Å². The van der Waals surface area contributed by atoms with Gasteiger partial charge in [0.25, 0.3) is 5.69 Å². The zero-order chi connectivity index (χ0) is 20.9. The molecule has 5 fully saturated rings. The number of nitro benzene ring substituents is 1. The van der Waals surface area contributed by atoms with E-state index in [2.05, 4.69) is 10.5 Å². The molecule has 4 bridgehead atoms. The maximum atomic E-state index is 13.2. The molecule has 1 heterocycles. The predicted molar refractivity (Wildman–Crippen MR) is 111 cm³/mol. The van der Waals surface area contributed by atoms with Gasteiger partial charge in [0.15, 0.2) is 0 Å². The summed E-state index contributed by atoms with van der Waals surface area (Å²) in [5, 5.41) is 15.9. The number of non-ortho nitro benzene ring substituents is 1. The molecule has 4 aliphatic carbocycles. The lowest BCUT2D eigenvalue weighted by atomic mass is 9.55. The van der Waals surface area contributed by atoms with E-state index >= 15 is 0 Å². The molecule has 0 radical (unpaired) electrons. The Bertz CT molecular complexity index is 957. The molecule has 6 rings (SSSR count). The average Bonchev–Trinajstić information content (AvgIpc) is 2.73. The van der Waals surface area contributed by atoms with Crippen LogP contribution in [0.25, 0.3) is 0 Å². The van der Waals surface area contributed by atoms with E-state index in [0.29, 0.717) is 25.0 Å². The summed E-state index contributed by atoms with van der Waals surface area (Å²) in [6.45, 7) is 1.08. The first-order valence-electron chi connectivity index (χ1n) is 10.6. The summed E-state index contributed by atoms with van der Waals surface area (Å²) >= 11 is 0. The van der Waals surface area contributed by atoms with Gasteiger partial charge in [-0.1, -0.05) is 0 Å². The fourth-order valence-electron chi connectivity index (χ4n) is 5.83. The van der Waals surface area contributed by atoms with E-state index in [1.165, 1.54) is 48.5 Å². The summed E-state index contributed by atoms with van der Waals surface area (Å²) in [5.74, 6) is 2.57. The van der Waals surface area contributed by atoms with E-state index in [9.17, 15) is 18.5 Å². The predicted octanol–water partition coefficient (Wildman–Crippen LogP) is 2.84. The topological polar surface area (TPSA) is 114 Å². The summed E-state index contributed by atoms with van der Waals surface area (Å²) in [4.78, 5) is 10.6. The Hall–Kier alpha value is -2.04. The van der Waals surface area contributed by atoms with Crippen LogP contribution in [0.3, 0.4) is 0 Å². The molecule has 30 heavy (non-hydrogen) atoms. The summed E-state index contributed by atoms with van der Waals surface area (Å²) < 4.78 is 33.0. The molecule has 10 heteroatoms. The van der Waals surface area contributed by atoms with Gasteiger partial charge < -0.3 is 4.74 Å². The summed E-state index contributed by atoms with van der Waals surface area (Å²) in [6, 6.07) is 3.90. The number of rotatable bonds is 5. The quantitative estimate of drug-likeness (QED) is 0.563. The first-order chi connectivity index (χ1) is 14.4. The molecule has 1 aliphatic heterocycles. The first kappa shape index (κ1) is 19.9. The molecule has 162 valence electrons. The summed E-state index contributed by atoms with van der Waals surface area (Å²) in [7, 11) is -3.90. The van der Waals surface area contributed by atoms with Crippen molar-refractivity contribution in [2.75, 3.05) is 31.7 Å². The number of morpholine rings is 1. The third kappa shape index (κ3) is 3.50. The van der Waals surface area contributed by atoms with Gasteiger partial charge in [-0.25, -0.2) is 8.42 Å². The fraction of sp³-hybridized carbons (Fsp3) is 0.650. The van der Waals surface area contributed by atoms with E-state index < -0.39 is 14.9 Å². The van der Waals surface area contributed by atoms with Gasteiger partial charge >= 0.3 is 0 Å². The molecule has 1 saturated heterocycles. The van der Waals surface area contributed by atoms with Gasteiger partial charge in [0.1, 0.15) is 4.90 Å². The van der Waals surface area contributed by atoms with Crippen molar-refractivity contribution in [1.82, 2.24) is 4.31 Å². The lowest BCUT2D eigenvalue weighted by Crippen LogP contribution is -2.45. The Kier molecular flexibility index (Phi) is 5.03. The Labute approximate surface area is 175 Å². The fourth-order valence-corrected chi connectivity index (χ4v) is 7.40. The normalized spacial score (nSPS) is 31.0. The van der Waals surface area contributed by atoms with Gasteiger partial charge in [-0.2, -0.15) is 9.41 Å². The number of nitrogens with one attached hydrogen (secondary N) is 1. The highest BCUT2D eigenvalue weighted by Crippen LogP contribution is 2.52. The van der Waals surface area contributed by atoms with Crippen LogP contribution in [0.4, 0.5) is 11.4 Å². The van der Waals surface area contributed by atoms with Gasteiger partial charge in [0.2, 0.25) is 10.0 Å². The second kappa shape index (κ2) is 7.58. The molecule has 0 atom stereocenters. The van der Waals surface area contributed by atoms with Crippen LogP contribution in [-0.4, -0.2) is 49.7 Å². The number of hydrazone groups is 1. The SMILES string of the molecule is O=[N+]([O-])c1ccc(NN=C2C3CC4CC(C3)CC2C4)c(S(=O)(=O)N2CCOCC2)c1. The lowest BCUT2D eigenvalue weighted by Gasteiger charge is -2.50. The van der Waals surface area contributed by atoms with Crippen molar-refractivity contribution in [3.05, 3.63) is 28.3 Å². The minimum atomic E-state index is -3.90. The van der Waals surface area contributed by atoms with E-state index in [1.54, 1.807) is 0 Å². The van der Waals surface area contributed by atoms with Crippen LogP contribution in [0.5, 0.6) is 0 Å². The molecular weight excluding hydrogens is 408 g/mol. The Morgan fingerprint density at radius 2 is 1.70 bits per heavy atom. The monoisotopic (exact) mass is 434 g/mol. The van der Waals surface area contributed by atoms with Crippen molar-refractivity contribution in [2.45, 2.75) is 37.0 Å². The standard InChI is InChI=1S/C20H26N4O5S/c25-24(26)17-1-2-18(19(12-17)30(27,28)23-3-5-29-6-4-23)21-22-20-15-8-13-7-14(10-15)11-16(20)9-13/h1-2,12-16,21H,3-11H2. The van der Waals surface area contributed by atoms with Crippen LogP contribution in [0, 0.1) is 33.8 Å². The maximum absolute atomic E-state index is 13.2. The third-order valence-electron chi connectivity index (χ3n) is 7.04. The van der Waals surface area contributed by atoms with E-state index in [4.69, 9.17) is 4.74 Å². The molecule has 0 unspecified atom stereocenters. The molecule has 4 saturated carbocycles. The molecule has 0 aromatic heterocycles. The van der Waals surface area contributed by atoms with Gasteiger partial charge in [-0.15, -0.1) is 0 Å². The van der Waals surface area contributed by atoms with Crippen molar-refractivity contribution < 1.29 is 18.1 Å². The van der Waals surface area contributed by atoms with Gasteiger partial charge in [-0.05, 0) is 61.8 Å². The second-order valence-corrected chi connectivity index (χ2v) is 10.8. The Morgan fingerprint density at radius 3 is 2.30 bits per heavy atom. The van der Waals surface area contributed by atoms with Gasteiger partial charge in [0, 0.05) is 30.9 Å². The number of benzene rings is 1. The zero-order valence-corrected chi connectivity index (χ0v) is 17.5. The first-order valence-corrected chi connectivity index (χ1v) is 12.1. The highest BCUT2D eigenvalue weighted by Gasteiger charge is 2.46. The molecule has 1 aromatic rings. The van der Waals surface area contributed by atoms with Crippen molar-refractivity contribution in [3.63, 3.8) is 0 Å². The number of nitrogens with zero attached hydrogens (tertiary/aromatic N) is 3. The van der Waals surface area contributed by atoms with Crippen LogP contribution < -0.4 is 5.43 Å². The van der Waals surface area contributed by atoms with E-state index in [1.807, 2.05) is 0 Å². The highest BCUT2D eigenvalue weighted by atomic mass is 32.2. The number of hydrogen-bond acceptors (Lipinski definition) is 7. The van der Waals surface area contributed by atoms with Crippen molar-refractivity contribution >= 4 is 27.1 Å². The molecule has 1 N–H and O–H groups in total. The number of nitro groups is 1. The van der Waals surface area contributed by atoms with Gasteiger partial charge in [-0.3, -0.25) is 15.5 Å². The van der Waals surface area contributed by atoms with Crippen LogP contribution in [0.1, 0.15) is 32.1 Å². The zero-order valence-electron chi connectivity index (χ0n) is 16.7. The molecule has 9 nitrogen and oxygen atoms in total. The molecule has 5 aliphatic rings. The number of hydrogen-bond donors (Lipinski definition) is 1. The summed E-state index contributed by atoms with van der Waals surface area (Å²) in [6.07, 6.45) is 6.04. The van der Waals surface area contributed by atoms with Crippen molar-refractivity contribution in [2.24, 2.45) is 28.8 Å². The molecule has 0 amide bonds. The van der Waals surface area contributed by atoms with Crippen molar-refractivity contribution in [1.29, 1.82) is 0 Å². The van der Waals surface area contributed by atoms with Crippen LogP contribution in [0.15, 0.2) is 28.2 Å².